The van der Waals surface area contributed by atoms with Crippen molar-refractivity contribution in [2.24, 2.45) is 0 Å². The number of halogens is 1. The second-order valence-electron chi connectivity index (χ2n) is 8.58. The van der Waals surface area contributed by atoms with E-state index in [0.717, 1.165) is 11.4 Å². The number of carbonyl (C=O) groups excluding carboxylic acids is 2. The Balaban J connectivity index is 1.36. The van der Waals surface area contributed by atoms with E-state index in [1.54, 1.807) is 43.4 Å². The van der Waals surface area contributed by atoms with Crippen LogP contribution in [0.4, 0.5) is 5.82 Å². The van der Waals surface area contributed by atoms with Gasteiger partial charge in [-0.1, -0.05) is 35.9 Å². The predicted molar refractivity (Wildman–Crippen MR) is 142 cm³/mol. The van der Waals surface area contributed by atoms with Gasteiger partial charge in [0.25, 0.3) is 5.91 Å². The number of hydrogen-bond donors (Lipinski definition) is 0. The zero-order valence-electron chi connectivity index (χ0n) is 21.0. The van der Waals surface area contributed by atoms with E-state index in [-0.39, 0.29) is 18.4 Å². The Morgan fingerprint density at radius 1 is 0.973 bits per heavy atom. The maximum Gasteiger partial charge on any atom is 0.254 e. The molecule has 1 aliphatic heterocycles. The van der Waals surface area contributed by atoms with Gasteiger partial charge in [0, 0.05) is 51.0 Å². The van der Waals surface area contributed by atoms with Crippen LogP contribution in [0.5, 0.6) is 5.75 Å². The summed E-state index contributed by atoms with van der Waals surface area (Å²) in [6.07, 6.45) is 0. The fourth-order valence-corrected chi connectivity index (χ4v) is 4.38. The van der Waals surface area contributed by atoms with Gasteiger partial charge in [-0.15, -0.1) is 10.2 Å². The van der Waals surface area contributed by atoms with E-state index in [1.165, 1.54) is 4.90 Å². The van der Waals surface area contributed by atoms with E-state index in [9.17, 15) is 9.59 Å². The molecule has 2 heterocycles. The summed E-state index contributed by atoms with van der Waals surface area (Å²) in [6, 6.07) is 18.3. The fraction of sp³-hybridized carbons (Fsp3) is 0.333. The Morgan fingerprint density at radius 3 is 2.43 bits per heavy atom. The van der Waals surface area contributed by atoms with Gasteiger partial charge >= 0.3 is 0 Å². The molecule has 4 rings (SSSR count). The van der Waals surface area contributed by atoms with Crippen LogP contribution in [-0.2, 0) is 9.53 Å². The smallest absolute Gasteiger partial charge is 0.254 e. The van der Waals surface area contributed by atoms with E-state index in [1.807, 2.05) is 36.4 Å². The van der Waals surface area contributed by atoms with Crippen molar-refractivity contribution in [1.29, 1.82) is 0 Å². The molecule has 0 atom stereocenters. The number of nitrogens with zero attached hydrogens (tertiary/aromatic N) is 5. The third kappa shape index (κ3) is 6.55. The number of amides is 2. The summed E-state index contributed by atoms with van der Waals surface area (Å²) >= 11 is 6.27. The maximum atomic E-state index is 13.1. The summed E-state index contributed by atoms with van der Waals surface area (Å²) in [4.78, 5) is 31.6. The van der Waals surface area contributed by atoms with Crippen LogP contribution in [0.25, 0.3) is 11.3 Å². The molecule has 0 N–H and O–H groups in total. The summed E-state index contributed by atoms with van der Waals surface area (Å²) in [6.45, 7) is 2.91. The minimum Gasteiger partial charge on any atom is -0.497 e. The Bertz CT molecular complexity index is 1220. The maximum absolute atomic E-state index is 13.1. The molecule has 9 nitrogen and oxygen atoms in total. The molecule has 1 fully saturated rings. The summed E-state index contributed by atoms with van der Waals surface area (Å²) in [5.41, 5.74) is 2.01. The summed E-state index contributed by atoms with van der Waals surface area (Å²) in [5, 5.41) is 9.35. The third-order valence-corrected chi connectivity index (χ3v) is 6.58. The van der Waals surface area contributed by atoms with Crippen molar-refractivity contribution >= 4 is 29.2 Å². The van der Waals surface area contributed by atoms with E-state index in [0.29, 0.717) is 61.4 Å². The SMILES string of the molecule is COCCN(CC(=O)N1CCN(c2ccc(-c3ccccc3Cl)nn2)CC1)C(=O)c1cccc(OC)c1. The van der Waals surface area contributed by atoms with Gasteiger partial charge in [0.2, 0.25) is 5.91 Å². The molecule has 0 bridgehead atoms. The van der Waals surface area contributed by atoms with Crippen LogP contribution in [0.1, 0.15) is 10.4 Å². The summed E-state index contributed by atoms with van der Waals surface area (Å²) in [5.74, 6) is 0.991. The molecular formula is C27H30ClN5O4. The molecule has 3 aromatic rings. The zero-order valence-corrected chi connectivity index (χ0v) is 21.7. The van der Waals surface area contributed by atoms with Gasteiger partial charge in [0.1, 0.15) is 12.3 Å². The Labute approximate surface area is 221 Å². The highest BCUT2D eigenvalue weighted by atomic mass is 35.5. The third-order valence-electron chi connectivity index (χ3n) is 6.25. The number of rotatable bonds is 9. The fourth-order valence-electron chi connectivity index (χ4n) is 4.15. The van der Waals surface area contributed by atoms with Gasteiger partial charge in [-0.3, -0.25) is 9.59 Å². The average Bonchev–Trinajstić information content (AvgIpc) is 2.95. The van der Waals surface area contributed by atoms with Crippen molar-refractivity contribution in [1.82, 2.24) is 20.0 Å². The highest BCUT2D eigenvalue weighted by molar-refractivity contribution is 6.33. The Morgan fingerprint density at radius 2 is 1.76 bits per heavy atom. The number of methoxy groups -OCH3 is 2. The highest BCUT2D eigenvalue weighted by Gasteiger charge is 2.26. The number of carbonyl (C=O) groups is 2. The second-order valence-corrected chi connectivity index (χ2v) is 8.98. The molecule has 1 saturated heterocycles. The second kappa shape index (κ2) is 12.5. The standard InChI is InChI=1S/C27H30ClN5O4/c1-36-17-16-33(27(35)20-6-5-7-21(18-20)37-2)19-26(34)32-14-12-31(13-15-32)25-11-10-24(29-30-25)22-8-3-4-9-23(22)28/h3-11,18H,12-17,19H2,1-2H3. The van der Waals surface area contributed by atoms with Crippen molar-refractivity contribution in [3.05, 3.63) is 71.2 Å². The molecule has 2 amide bonds. The number of anilines is 1. The van der Waals surface area contributed by atoms with E-state index in [4.69, 9.17) is 21.1 Å². The van der Waals surface area contributed by atoms with E-state index in [2.05, 4.69) is 15.1 Å². The van der Waals surface area contributed by atoms with E-state index < -0.39 is 0 Å². The van der Waals surface area contributed by atoms with Crippen molar-refractivity contribution < 1.29 is 19.1 Å². The lowest BCUT2D eigenvalue weighted by Crippen LogP contribution is -2.52. The van der Waals surface area contributed by atoms with Gasteiger partial charge in [-0.05, 0) is 36.4 Å². The van der Waals surface area contributed by atoms with Crippen LogP contribution in [0.15, 0.2) is 60.7 Å². The number of aromatic nitrogens is 2. The van der Waals surface area contributed by atoms with Gasteiger partial charge in [-0.25, -0.2) is 0 Å². The van der Waals surface area contributed by atoms with Gasteiger partial charge in [0.05, 0.1) is 24.4 Å². The first kappa shape index (κ1) is 26.4. The Hall–Kier alpha value is -3.69. The number of piperazine rings is 1. The zero-order chi connectivity index (χ0) is 26.2. The Kier molecular flexibility index (Phi) is 8.92. The van der Waals surface area contributed by atoms with Crippen molar-refractivity contribution in [3.63, 3.8) is 0 Å². The molecule has 2 aromatic carbocycles. The topological polar surface area (TPSA) is 88.1 Å². The molecule has 0 unspecified atom stereocenters. The quantitative estimate of drug-likeness (QED) is 0.425. The van der Waals surface area contributed by atoms with Crippen LogP contribution in [0, 0.1) is 0 Å². The van der Waals surface area contributed by atoms with Crippen LogP contribution in [0.3, 0.4) is 0 Å². The predicted octanol–water partition coefficient (Wildman–Crippen LogP) is 3.24. The van der Waals surface area contributed by atoms with Crippen LogP contribution in [-0.4, -0.2) is 91.9 Å². The van der Waals surface area contributed by atoms with Gasteiger partial charge in [-0.2, -0.15) is 0 Å². The molecule has 0 radical (unpaired) electrons. The molecule has 1 aliphatic rings. The minimum atomic E-state index is -0.239. The van der Waals surface area contributed by atoms with Crippen molar-refractivity contribution in [3.8, 4) is 17.0 Å². The molecule has 0 spiro atoms. The number of hydrogen-bond acceptors (Lipinski definition) is 7. The van der Waals surface area contributed by atoms with Crippen LogP contribution in [0.2, 0.25) is 5.02 Å². The van der Waals surface area contributed by atoms with E-state index >= 15 is 0 Å². The molecule has 0 saturated carbocycles. The lowest BCUT2D eigenvalue weighted by molar-refractivity contribution is -0.132. The lowest BCUT2D eigenvalue weighted by Gasteiger charge is -2.36. The first-order chi connectivity index (χ1) is 18.0. The molecule has 10 heteroatoms. The first-order valence-corrected chi connectivity index (χ1v) is 12.4. The average molecular weight is 524 g/mol. The minimum absolute atomic E-state index is 0.0221. The largest absolute Gasteiger partial charge is 0.497 e. The summed E-state index contributed by atoms with van der Waals surface area (Å²) in [7, 11) is 3.12. The lowest BCUT2D eigenvalue weighted by atomic mass is 10.1. The van der Waals surface area contributed by atoms with Crippen molar-refractivity contribution in [2.45, 2.75) is 0 Å². The van der Waals surface area contributed by atoms with Gasteiger partial charge in [0.15, 0.2) is 5.82 Å². The highest BCUT2D eigenvalue weighted by Crippen LogP contribution is 2.26. The van der Waals surface area contributed by atoms with Crippen LogP contribution < -0.4 is 9.64 Å². The first-order valence-electron chi connectivity index (χ1n) is 12.0. The summed E-state index contributed by atoms with van der Waals surface area (Å²) < 4.78 is 10.4. The number of ether oxygens (including phenoxy) is 2. The molecule has 1 aromatic heterocycles. The monoisotopic (exact) mass is 523 g/mol. The van der Waals surface area contributed by atoms with Crippen LogP contribution >= 0.6 is 11.6 Å². The molecule has 37 heavy (non-hydrogen) atoms. The normalized spacial score (nSPS) is 13.4. The van der Waals surface area contributed by atoms with Crippen molar-refractivity contribution in [2.75, 3.05) is 65.0 Å². The molecule has 194 valence electrons. The molecule has 0 aliphatic carbocycles. The molecular weight excluding hydrogens is 494 g/mol. The van der Waals surface area contributed by atoms with Gasteiger partial charge < -0.3 is 24.2 Å². The number of benzene rings is 2.